The Balaban J connectivity index is 1.67. The summed E-state index contributed by atoms with van der Waals surface area (Å²) in [6.07, 6.45) is 3.08. The Morgan fingerprint density at radius 1 is 1.04 bits per heavy atom. The van der Waals surface area contributed by atoms with Gasteiger partial charge in [-0.05, 0) is 31.5 Å². The smallest absolute Gasteiger partial charge is 0.292 e. The van der Waals surface area contributed by atoms with Crippen molar-refractivity contribution < 1.29 is 9.59 Å². The van der Waals surface area contributed by atoms with Gasteiger partial charge in [0.2, 0.25) is 5.78 Å². The molecule has 126 valence electrons. The number of ketones is 1. The summed E-state index contributed by atoms with van der Waals surface area (Å²) in [5.41, 5.74) is 3.19. The Morgan fingerprint density at radius 2 is 1.72 bits per heavy atom. The number of amides is 1. The second-order valence-corrected chi connectivity index (χ2v) is 5.82. The van der Waals surface area contributed by atoms with E-state index >= 15 is 0 Å². The number of aromatic nitrogens is 3. The highest BCUT2D eigenvalue weighted by molar-refractivity contribution is 6.42. The van der Waals surface area contributed by atoms with Crippen LogP contribution in [0.25, 0.3) is 5.69 Å². The van der Waals surface area contributed by atoms with E-state index in [4.69, 9.17) is 0 Å². The van der Waals surface area contributed by atoms with Crippen LogP contribution in [0.1, 0.15) is 34.5 Å². The van der Waals surface area contributed by atoms with Crippen molar-refractivity contribution in [2.45, 2.75) is 19.9 Å². The summed E-state index contributed by atoms with van der Waals surface area (Å²) >= 11 is 0. The molecule has 1 aromatic heterocycles. The topological polar surface area (TPSA) is 76.9 Å². The van der Waals surface area contributed by atoms with Gasteiger partial charge in [0.15, 0.2) is 0 Å². The molecule has 3 aromatic rings. The number of Topliss-reactive ketones (excluding diaryl/α,β-unsaturated/α-hetero) is 1. The maximum Gasteiger partial charge on any atom is 0.292 e. The zero-order chi connectivity index (χ0) is 17.8. The largest absolute Gasteiger partial charge is 0.343 e. The summed E-state index contributed by atoms with van der Waals surface area (Å²) in [5.74, 6) is -1.15. The van der Waals surface area contributed by atoms with E-state index < -0.39 is 11.7 Å². The van der Waals surface area contributed by atoms with Gasteiger partial charge in [0, 0.05) is 5.56 Å². The third-order valence-electron chi connectivity index (χ3n) is 3.94. The van der Waals surface area contributed by atoms with Crippen LogP contribution in [-0.2, 0) is 4.79 Å². The quantitative estimate of drug-likeness (QED) is 0.575. The number of nitrogens with one attached hydrogen (secondary N) is 1. The SMILES string of the molecule is Cc1ccc(C(=O)C(=O)NC(C)c2ccc(-n3cncn3)cc2)cc1. The summed E-state index contributed by atoms with van der Waals surface area (Å²) in [6.45, 7) is 3.77. The molecule has 2 aromatic carbocycles. The van der Waals surface area contributed by atoms with Crippen LogP contribution in [0.4, 0.5) is 0 Å². The highest BCUT2D eigenvalue weighted by atomic mass is 16.2. The molecule has 25 heavy (non-hydrogen) atoms. The van der Waals surface area contributed by atoms with Gasteiger partial charge in [0.05, 0.1) is 11.7 Å². The van der Waals surface area contributed by atoms with Crippen LogP contribution in [-0.4, -0.2) is 26.5 Å². The highest BCUT2D eigenvalue weighted by Gasteiger charge is 2.18. The maximum atomic E-state index is 12.2. The molecule has 6 nitrogen and oxygen atoms in total. The minimum absolute atomic E-state index is 0.285. The molecule has 1 amide bonds. The fraction of sp³-hybridized carbons (Fsp3) is 0.158. The molecule has 1 N–H and O–H groups in total. The molecule has 1 unspecified atom stereocenters. The normalized spacial score (nSPS) is 11.8. The first-order chi connectivity index (χ1) is 12.0. The molecule has 0 saturated heterocycles. The molecule has 0 aliphatic heterocycles. The molecular weight excluding hydrogens is 316 g/mol. The van der Waals surface area contributed by atoms with Crippen LogP contribution in [0.5, 0.6) is 0 Å². The number of nitrogens with zero attached hydrogens (tertiary/aromatic N) is 3. The van der Waals surface area contributed by atoms with Crippen molar-refractivity contribution in [1.29, 1.82) is 0 Å². The first-order valence-electron chi connectivity index (χ1n) is 7.91. The fourth-order valence-electron chi connectivity index (χ4n) is 2.44. The second kappa shape index (κ2) is 7.09. The predicted octanol–water partition coefficient (Wildman–Crippen LogP) is 2.64. The highest BCUT2D eigenvalue weighted by Crippen LogP contribution is 2.15. The van der Waals surface area contributed by atoms with E-state index in [1.54, 1.807) is 23.1 Å². The van der Waals surface area contributed by atoms with Gasteiger partial charge >= 0.3 is 0 Å². The van der Waals surface area contributed by atoms with Crippen molar-refractivity contribution >= 4 is 11.7 Å². The summed E-state index contributed by atoms with van der Waals surface area (Å²) in [5, 5.41) is 6.80. The van der Waals surface area contributed by atoms with Gasteiger partial charge in [-0.3, -0.25) is 9.59 Å². The van der Waals surface area contributed by atoms with Crippen LogP contribution < -0.4 is 5.32 Å². The lowest BCUT2D eigenvalue weighted by atomic mass is 10.1. The fourth-order valence-corrected chi connectivity index (χ4v) is 2.44. The first-order valence-corrected chi connectivity index (χ1v) is 7.91. The van der Waals surface area contributed by atoms with Crippen LogP contribution in [0.3, 0.4) is 0 Å². The van der Waals surface area contributed by atoms with Crippen molar-refractivity contribution in [3.8, 4) is 5.69 Å². The Bertz CT molecular complexity index is 869. The molecule has 0 aliphatic carbocycles. The standard InChI is InChI=1S/C19H18N4O2/c1-13-3-5-16(6-4-13)18(24)19(25)22-14(2)15-7-9-17(10-8-15)23-12-20-11-21-23/h3-12,14H,1-2H3,(H,22,25). The van der Waals surface area contributed by atoms with Gasteiger partial charge < -0.3 is 5.32 Å². The van der Waals surface area contributed by atoms with E-state index in [1.807, 2.05) is 50.2 Å². The van der Waals surface area contributed by atoms with Crippen LogP contribution in [0, 0.1) is 6.92 Å². The van der Waals surface area contributed by atoms with Gasteiger partial charge in [-0.2, -0.15) is 5.10 Å². The minimum atomic E-state index is -0.614. The van der Waals surface area contributed by atoms with E-state index in [9.17, 15) is 9.59 Å². The summed E-state index contributed by atoms with van der Waals surface area (Å²) in [7, 11) is 0. The number of benzene rings is 2. The van der Waals surface area contributed by atoms with Gasteiger partial charge in [0.25, 0.3) is 5.91 Å². The van der Waals surface area contributed by atoms with Gasteiger partial charge in [-0.25, -0.2) is 9.67 Å². The molecule has 3 rings (SSSR count). The molecular formula is C19H18N4O2. The number of hydrogen-bond acceptors (Lipinski definition) is 4. The van der Waals surface area contributed by atoms with Crippen molar-refractivity contribution in [3.63, 3.8) is 0 Å². The first kappa shape index (κ1) is 16.6. The van der Waals surface area contributed by atoms with Crippen LogP contribution >= 0.6 is 0 Å². The third kappa shape index (κ3) is 3.80. The average Bonchev–Trinajstić information content (AvgIpc) is 3.16. The zero-order valence-electron chi connectivity index (χ0n) is 14.0. The maximum absolute atomic E-state index is 12.2. The molecule has 0 aliphatic rings. The van der Waals surface area contributed by atoms with Gasteiger partial charge in [-0.1, -0.05) is 42.0 Å². The van der Waals surface area contributed by atoms with E-state index in [0.29, 0.717) is 5.56 Å². The van der Waals surface area contributed by atoms with E-state index in [0.717, 1.165) is 16.8 Å². The van der Waals surface area contributed by atoms with E-state index in [-0.39, 0.29) is 6.04 Å². The monoisotopic (exact) mass is 334 g/mol. The molecule has 0 radical (unpaired) electrons. The van der Waals surface area contributed by atoms with Crippen molar-refractivity contribution in [1.82, 2.24) is 20.1 Å². The minimum Gasteiger partial charge on any atom is -0.343 e. The van der Waals surface area contributed by atoms with E-state index in [2.05, 4.69) is 15.4 Å². The number of carbonyl (C=O) groups excluding carboxylic acids is 2. The average molecular weight is 334 g/mol. The number of aryl methyl sites for hydroxylation is 1. The Morgan fingerprint density at radius 3 is 2.32 bits per heavy atom. The second-order valence-electron chi connectivity index (χ2n) is 5.82. The Labute approximate surface area is 145 Å². The molecule has 0 spiro atoms. The number of rotatable bonds is 5. The molecule has 6 heteroatoms. The lowest BCUT2D eigenvalue weighted by Crippen LogP contribution is -2.33. The van der Waals surface area contributed by atoms with Crippen LogP contribution in [0.2, 0.25) is 0 Å². The molecule has 1 heterocycles. The van der Waals surface area contributed by atoms with E-state index in [1.165, 1.54) is 6.33 Å². The number of hydrogen-bond donors (Lipinski definition) is 1. The molecule has 1 atom stereocenters. The van der Waals surface area contributed by atoms with Crippen LogP contribution in [0.15, 0.2) is 61.2 Å². The predicted molar refractivity (Wildman–Crippen MR) is 93.4 cm³/mol. The number of carbonyl (C=O) groups is 2. The lowest BCUT2D eigenvalue weighted by molar-refractivity contribution is -0.117. The molecule has 0 fully saturated rings. The third-order valence-corrected chi connectivity index (χ3v) is 3.94. The lowest BCUT2D eigenvalue weighted by Gasteiger charge is -2.14. The summed E-state index contributed by atoms with van der Waals surface area (Å²) in [6, 6.07) is 14.2. The molecule has 0 bridgehead atoms. The van der Waals surface area contributed by atoms with Crippen molar-refractivity contribution in [3.05, 3.63) is 77.9 Å². The van der Waals surface area contributed by atoms with Crippen molar-refractivity contribution in [2.75, 3.05) is 0 Å². The zero-order valence-corrected chi connectivity index (χ0v) is 14.0. The van der Waals surface area contributed by atoms with Gasteiger partial charge in [0.1, 0.15) is 12.7 Å². The summed E-state index contributed by atoms with van der Waals surface area (Å²) in [4.78, 5) is 28.3. The Hall–Kier alpha value is -3.28. The Kier molecular flexibility index (Phi) is 4.70. The van der Waals surface area contributed by atoms with Crippen molar-refractivity contribution in [2.24, 2.45) is 0 Å². The van der Waals surface area contributed by atoms with Gasteiger partial charge in [-0.15, -0.1) is 0 Å². The summed E-state index contributed by atoms with van der Waals surface area (Å²) < 4.78 is 1.65. The molecule has 0 saturated carbocycles.